The topological polar surface area (TPSA) is 64.6 Å². The number of thiophene rings is 1. The third-order valence-corrected chi connectivity index (χ3v) is 4.19. The van der Waals surface area contributed by atoms with E-state index in [9.17, 15) is 9.59 Å². The molecule has 1 saturated heterocycles. The third-order valence-electron chi connectivity index (χ3n) is 3.00. The number of methoxy groups -OCH3 is 1. The van der Waals surface area contributed by atoms with Crippen molar-refractivity contribution < 1.29 is 19.1 Å². The first-order valence-electron chi connectivity index (χ1n) is 6.29. The number of hydrogen-bond donors (Lipinski definition) is 1. The molecule has 19 heavy (non-hydrogen) atoms. The number of rotatable bonds is 4. The summed E-state index contributed by atoms with van der Waals surface area (Å²) in [6.07, 6.45) is 2.03. The smallest absolute Gasteiger partial charge is 0.340 e. The van der Waals surface area contributed by atoms with Gasteiger partial charge in [-0.25, -0.2) is 4.79 Å². The van der Waals surface area contributed by atoms with Crippen molar-refractivity contribution in [3.05, 3.63) is 16.5 Å². The Morgan fingerprint density at radius 1 is 1.58 bits per heavy atom. The molecule has 104 valence electrons. The summed E-state index contributed by atoms with van der Waals surface area (Å²) in [6.45, 7) is 2.62. The molecule has 1 amide bonds. The highest BCUT2D eigenvalue weighted by molar-refractivity contribution is 7.16. The van der Waals surface area contributed by atoms with Crippen LogP contribution in [0.4, 0.5) is 5.00 Å². The Balaban J connectivity index is 2.15. The highest BCUT2D eigenvalue weighted by Gasteiger charge is 2.26. The van der Waals surface area contributed by atoms with Crippen LogP contribution < -0.4 is 5.32 Å². The van der Waals surface area contributed by atoms with Gasteiger partial charge in [-0.2, -0.15) is 0 Å². The second-order valence-electron chi connectivity index (χ2n) is 4.29. The number of carbonyl (C=O) groups excluding carboxylic acids is 2. The molecular weight excluding hydrogens is 266 g/mol. The zero-order chi connectivity index (χ0) is 13.8. The minimum Gasteiger partial charge on any atom is -0.465 e. The number of aryl methyl sites for hydroxylation is 1. The summed E-state index contributed by atoms with van der Waals surface area (Å²) in [5.74, 6) is -0.620. The summed E-state index contributed by atoms with van der Waals surface area (Å²) in [4.78, 5) is 24.7. The molecule has 5 nitrogen and oxygen atoms in total. The van der Waals surface area contributed by atoms with Crippen molar-refractivity contribution >= 4 is 28.2 Å². The zero-order valence-corrected chi connectivity index (χ0v) is 11.8. The van der Waals surface area contributed by atoms with Crippen molar-refractivity contribution in [2.45, 2.75) is 32.3 Å². The van der Waals surface area contributed by atoms with E-state index in [1.54, 1.807) is 6.07 Å². The van der Waals surface area contributed by atoms with Crippen LogP contribution in [-0.4, -0.2) is 31.7 Å². The van der Waals surface area contributed by atoms with Gasteiger partial charge in [0, 0.05) is 11.5 Å². The number of esters is 1. The lowest BCUT2D eigenvalue weighted by atomic mass is 10.2. The van der Waals surface area contributed by atoms with Crippen molar-refractivity contribution in [3.63, 3.8) is 0 Å². The van der Waals surface area contributed by atoms with Crippen LogP contribution in [0.3, 0.4) is 0 Å². The maximum Gasteiger partial charge on any atom is 0.340 e. The fourth-order valence-corrected chi connectivity index (χ4v) is 2.93. The highest BCUT2D eigenvalue weighted by Crippen LogP contribution is 2.30. The lowest BCUT2D eigenvalue weighted by Crippen LogP contribution is -2.27. The van der Waals surface area contributed by atoms with Crippen molar-refractivity contribution in [1.29, 1.82) is 0 Å². The summed E-state index contributed by atoms with van der Waals surface area (Å²) in [7, 11) is 1.33. The molecule has 1 N–H and O–H groups in total. The molecule has 1 unspecified atom stereocenters. The first-order valence-corrected chi connectivity index (χ1v) is 7.10. The molecule has 2 heterocycles. The van der Waals surface area contributed by atoms with Gasteiger partial charge in [-0.15, -0.1) is 11.3 Å². The van der Waals surface area contributed by atoms with E-state index in [2.05, 4.69) is 5.32 Å². The number of anilines is 1. The number of carbonyl (C=O) groups is 2. The quantitative estimate of drug-likeness (QED) is 0.860. The molecule has 1 atom stereocenters. The Morgan fingerprint density at radius 2 is 2.37 bits per heavy atom. The number of ether oxygens (including phenoxy) is 2. The maximum absolute atomic E-state index is 12.0. The normalized spacial score (nSPS) is 18.3. The van der Waals surface area contributed by atoms with E-state index in [0.29, 0.717) is 17.2 Å². The average molecular weight is 283 g/mol. The van der Waals surface area contributed by atoms with Crippen LogP contribution in [0.2, 0.25) is 0 Å². The molecule has 1 fully saturated rings. The Bertz CT molecular complexity index is 477. The maximum atomic E-state index is 12.0. The molecule has 0 radical (unpaired) electrons. The van der Waals surface area contributed by atoms with E-state index in [0.717, 1.165) is 24.1 Å². The van der Waals surface area contributed by atoms with Gasteiger partial charge in [0.15, 0.2) is 0 Å². The van der Waals surface area contributed by atoms with Gasteiger partial charge in [-0.1, -0.05) is 6.92 Å². The van der Waals surface area contributed by atoms with Crippen molar-refractivity contribution in [2.24, 2.45) is 0 Å². The minimum atomic E-state index is -0.432. The van der Waals surface area contributed by atoms with Crippen LogP contribution >= 0.6 is 11.3 Å². The van der Waals surface area contributed by atoms with Crippen molar-refractivity contribution in [3.8, 4) is 0 Å². The standard InChI is InChI=1S/C13H17NO4S/c1-3-8-7-9(13(16)17-2)12(19-8)14-11(15)10-5-4-6-18-10/h7,10H,3-6H2,1-2H3,(H,14,15). The Labute approximate surface area is 115 Å². The van der Waals surface area contributed by atoms with Gasteiger partial charge < -0.3 is 14.8 Å². The molecule has 1 aliphatic heterocycles. The molecule has 0 bridgehead atoms. The minimum absolute atomic E-state index is 0.188. The summed E-state index contributed by atoms with van der Waals surface area (Å²) in [5, 5.41) is 3.32. The number of amides is 1. The van der Waals surface area contributed by atoms with Crippen LogP contribution in [0, 0.1) is 0 Å². The molecule has 2 rings (SSSR count). The summed E-state index contributed by atoms with van der Waals surface area (Å²) >= 11 is 1.40. The van der Waals surface area contributed by atoms with Crippen LogP contribution in [0.25, 0.3) is 0 Å². The van der Waals surface area contributed by atoms with Crippen LogP contribution in [0.15, 0.2) is 6.07 Å². The van der Waals surface area contributed by atoms with Gasteiger partial charge in [-0.3, -0.25) is 4.79 Å². The summed E-state index contributed by atoms with van der Waals surface area (Å²) in [6, 6.07) is 1.77. The van der Waals surface area contributed by atoms with Crippen molar-refractivity contribution in [2.75, 3.05) is 19.0 Å². The molecule has 0 aliphatic carbocycles. The van der Waals surface area contributed by atoms with E-state index < -0.39 is 12.1 Å². The van der Waals surface area contributed by atoms with E-state index in [4.69, 9.17) is 9.47 Å². The average Bonchev–Trinajstić information content (AvgIpc) is 3.06. The van der Waals surface area contributed by atoms with E-state index in [-0.39, 0.29) is 5.91 Å². The highest BCUT2D eigenvalue weighted by atomic mass is 32.1. The molecule has 0 aromatic carbocycles. The predicted octanol–water partition coefficient (Wildman–Crippen LogP) is 2.21. The van der Waals surface area contributed by atoms with Gasteiger partial charge in [0.25, 0.3) is 5.91 Å². The van der Waals surface area contributed by atoms with Gasteiger partial charge in [0.05, 0.1) is 12.7 Å². The second kappa shape index (κ2) is 6.16. The van der Waals surface area contributed by atoms with Gasteiger partial charge in [0.1, 0.15) is 11.1 Å². The first kappa shape index (κ1) is 14.0. The monoisotopic (exact) mass is 283 g/mol. The number of hydrogen-bond acceptors (Lipinski definition) is 5. The van der Waals surface area contributed by atoms with E-state index in [1.165, 1.54) is 18.4 Å². The zero-order valence-electron chi connectivity index (χ0n) is 11.0. The lowest BCUT2D eigenvalue weighted by molar-refractivity contribution is -0.124. The second-order valence-corrected chi connectivity index (χ2v) is 5.43. The number of nitrogens with one attached hydrogen (secondary N) is 1. The largest absolute Gasteiger partial charge is 0.465 e. The van der Waals surface area contributed by atoms with Crippen LogP contribution in [0.5, 0.6) is 0 Å². The molecular formula is C13H17NO4S. The fraction of sp³-hybridized carbons (Fsp3) is 0.538. The Hall–Kier alpha value is -1.40. The van der Waals surface area contributed by atoms with E-state index >= 15 is 0 Å². The molecule has 6 heteroatoms. The summed E-state index contributed by atoms with van der Waals surface area (Å²) in [5.41, 5.74) is 0.413. The molecule has 1 aliphatic rings. The SMILES string of the molecule is CCc1cc(C(=O)OC)c(NC(=O)C2CCCO2)s1. The third kappa shape index (κ3) is 3.13. The van der Waals surface area contributed by atoms with Gasteiger partial charge in [0.2, 0.25) is 0 Å². The Morgan fingerprint density at radius 3 is 2.95 bits per heavy atom. The first-order chi connectivity index (χ1) is 9.15. The summed E-state index contributed by atoms with van der Waals surface area (Å²) < 4.78 is 10.1. The Kier molecular flexibility index (Phi) is 4.55. The lowest BCUT2D eigenvalue weighted by Gasteiger charge is -2.09. The fourth-order valence-electron chi connectivity index (χ4n) is 1.95. The van der Waals surface area contributed by atoms with E-state index in [1.807, 2.05) is 6.92 Å². The van der Waals surface area contributed by atoms with Crippen LogP contribution in [-0.2, 0) is 20.7 Å². The van der Waals surface area contributed by atoms with Crippen molar-refractivity contribution in [1.82, 2.24) is 0 Å². The molecule has 1 aromatic rings. The molecule has 0 spiro atoms. The predicted molar refractivity (Wildman–Crippen MR) is 72.6 cm³/mol. The molecule has 0 saturated carbocycles. The van der Waals surface area contributed by atoms with Gasteiger partial charge in [-0.05, 0) is 25.3 Å². The molecule has 1 aromatic heterocycles. The van der Waals surface area contributed by atoms with Gasteiger partial charge >= 0.3 is 5.97 Å². The van der Waals surface area contributed by atoms with Crippen LogP contribution in [0.1, 0.15) is 35.0 Å².